The maximum absolute atomic E-state index is 6.09. The minimum Gasteiger partial charge on any atom is -0.348 e. The van der Waals surface area contributed by atoms with Crippen LogP contribution in [0, 0.1) is 13.8 Å². The van der Waals surface area contributed by atoms with Crippen LogP contribution in [0.25, 0.3) is 11.0 Å². The molecule has 0 radical (unpaired) electrons. The molecule has 1 atom stereocenters. The number of nitrogens with zero attached hydrogens (tertiary/aromatic N) is 2. The summed E-state index contributed by atoms with van der Waals surface area (Å²) in [4.78, 5) is 10.5. The zero-order valence-electron chi connectivity index (χ0n) is 15.6. The Labute approximate surface area is 169 Å². The third-order valence-corrected chi connectivity index (χ3v) is 5.91. The lowest BCUT2D eigenvalue weighted by molar-refractivity contribution is 0.307. The predicted octanol–water partition coefficient (Wildman–Crippen LogP) is 5.41. The van der Waals surface area contributed by atoms with Crippen LogP contribution in [0.15, 0.2) is 36.4 Å². The van der Waals surface area contributed by atoms with Crippen LogP contribution in [-0.4, -0.2) is 33.1 Å². The number of benzene rings is 2. The fourth-order valence-corrected chi connectivity index (χ4v) is 4.06. The number of aryl methyl sites for hydroxylation is 2. The van der Waals surface area contributed by atoms with Gasteiger partial charge in [0, 0.05) is 29.7 Å². The smallest absolute Gasteiger partial charge is 0.173 e. The largest absolute Gasteiger partial charge is 0.348 e. The molecule has 0 saturated carbocycles. The normalized spacial score (nSPS) is 17.3. The molecule has 1 saturated heterocycles. The van der Waals surface area contributed by atoms with Crippen molar-refractivity contribution in [1.82, 2.24) is 14.9 Å². The number of halogens is 1. The zero-order valence-corrected chi connectivity index (χ0v) is 17.1. The summed E-state index contributed by atoms with van der Waals surface area (Å²) in [5, 5.41) is 4.90. The molecule has 6 heteroatoms. The van der Waals surface area contributed by atoms with E-state index in [9.17, 15) is 0 Å². The second-order valence-corrected chi connectivity index (χ2v) is 8.12. The number of hydrogen-bond acceptors (Lipinski definition) is 2. The third kappa shape index (κ3) is 3.94. The van der Waals surface area contributed by atoms with Gasteiger partial charge in [-0.3, -0.25) is 0 Å². The van der Waals surface area contributed by atoms with Gasteiger partial charge in [0.1, 0.15) is 5.82 Å². The minimum atomic E-state index is 0.337. The molecule has 2 N–H and O–H groups in total. The highest BCUT2D eigenvalue weighted by Crippen LogP contribution is 2.28. The van der Waals surface area contributed by atoms with Gasteiger partial charge in [-0.25, -0.2) is 4.98 Å². The summed E-state index contributed by atoms with van der Waals surface area (Å²) < 4.78 is 0. The number of anilines is 1. The Kier molecular flexibility index (Phi) is 5.06. The number of imidazole rings is 1. The first-order valence-corrected chi connectivity index (χ1v) is 10.1. The Morgan fingerprint density at radius 2 is 2.07 bits per heavy atom. The van der Waals surface area contributed by atoms with E-state index in [1.165, 1.54) is 11.1 Å². The lowest BCUT2D eigenvalue weighted by atomic mass is 9.98. The van der Waals surface area contributed by atoms with Crippen LogP contribution in [0.1, 0.15) is 35.7 Å². The Balaban J connectivity index is 1.48. The quantitative estimate of drug-likeness (QED) is 0.566. The molecular formula is C21H23ClN4S. The van der Waals surface area contributed by atoms with Crippen molar-refractivity contribution < 1.29 is 0 Å². The van der Waals surface area contributed by atoms with Crippen molar-refractivity contribution in [3.05, 3.63) is 58.4 Å². The summed E-state index contributed by atoms with van der Waals surface area (Å²) in [6.45, 7) is 6.07. The van der Waals surface area contributed by atoms with Gasteiger partial charge < -0.3 is 15.2 Å². The zero-order chi connectivity index (χ0) is 19.0. The number of likely N-dealkylation sites (tertiary alicyclic amines) is 1. The van der Waals surface area contributed by atoms with E-state index in [2.05, 4.69) is 47.2 Å². The molecule has 0 aliphatic carbocycles. The molecular weight excluding hydrogens is 376 g/mol. The molecule has 1 fully saturated rings. The van der Waals surface area contributed by atoms with Crippen molar-refractivity contribution in [3.63, 3.8) is 0 Å². The lowest BCUT2D eigenvalue weighted by Crippen LogP contribution is -2.41. The maximum atomic E-state index is 6.09. The van der Waals surface area contributed by atoms with Gasteiger partial charge >= 0.3 is 0 Å². The molecule has 0 amide bonds. The SMILES string of the molecule is Cc1ccc(NC(=S)N2CCCC(c3nc4ccc(Cl)cc4[nH]3)C2)cc1C. The summed E-state index contributed by atoms with van der Waals surface area (Å²) >= 11 is 11.8. The Bertz CT molecular complexity index is 997. The average Bonchev–Trinajstić information content (AvgIpc) is 3.08. The highest BCUT2D eigenvalue weighted by molar-refractivity contribution is 7.80. The first kappa shape index (κ1) is 18.3. The van der Waals surface area contributed by atoms with Crippen LogP contribution >= 0.6 is 23.8 Å². The summed E-state index contributed by atoms with van der Waals surface area (Å²) in [6.07, 6.45) is 2.20. The molecule has 0 spiro atoms. The first-order chi connectivity index (χ1) is 13.0. The summed E-state index contributed by atoms with van der Waals surface area (Å²) in [7, 11) is 0. The Morgan fingerprint density at radius 1 is 1.22 bits per heavy atom. The summed E-state index contributed by atoms with van der Waals surface area (Å²) in [6, 6.07) is 12.1. The molecule has 2 heterocycles. The van der Waals surface area contributed by atoms with Crippen LogP contribution in [0.3, 0.4) is 0 Å². The highest BCUT2D eigenvalue weighted by Gasteiger charge is 2.25. The summed E-state index contributed by atoms with van der Waals surface area (Å²) in [5.74, 6) is 1.36. The van der Waals surface area contributed by atoms with Gasteiger partial charge in [0.25, 0.3) is 0 Å². The standard InChI is InChI=1S/C21H23ClN4S/c1-13-5-7-17(10-14(13)2)23-21(27)26-9-3-4-15(12-26)20-24-18-8-6-16(22)11-19(18)25-20/h5-8,10-11,15H,3-4,9,12H2,1-2H3,(H,23,27)(H,24,25). The number of rotatable bonds is 2. The molecule has 27 heavy (non-hydrogen) atoms. The van der Waals surface area contributed by atoms with Gasteiger partial charge in [-0.2, -0.15) is 0 Å². The van der Waals surface area contributed by atoms with Crippen LogP contribution in [-0.2, 0) is 0 Å². The van der Waals surface area contributed by atoms with Gasteiger partial charge in [0.15, 0.2) is 5.11 Å². The topological polar surface area (TPSA) is 44.0 Å². The molecule has 2 aromatic carbocycles. The summed E-state index contributed by atoms with van der Waals surface area (Å²) in [5.41, 5.74) is 5.55. The van der Waals surface area contributed by atoms with Gasteiger partial charge in [-0.15, -0.1) is 0 Å². The van der Waals surface area contributed by atoms with Gasteiger partial charge in [0.05, 0.1) is 11.0 Å². The second-order valence-electron chi connectivity index (χ2n) is 7.30. The molecule has 4 nitrogen and oxygen atoms in total. The number of nitrogens with one attached hydrogen (secondary N) is 2. The van der Waals surface area contributed by atoms with E-state index in [4.69, 9.17) is 28.8 Å². The molecule has 1 aliphatic heterocycles. The van der Waals surface area contributed by atoms with E-state index < -0.39 is 0 Å². The van der Waals surface area contributed by atoms with Crippen LogP contribution < -0.4 is 5.32 Å². The van der Waals surface area contributed by atoms with Crippen molar-refractivity contribution >= 4 is 45.7 Å². The monoisotopic (exact) mass is 398 g/mol. The average molecular weight is 399 g/mol. The number of aromatic amines is 1. The van der Waals surface area contributed by atoms with Crippen molar-refractivity contribution in [2.45, 2.75) is 32.6 Å². The molecule has 140 valence electrons. The van der Waals surface area contributed by atoms with E-state index >= 15 is 0 Å². The molecule has 1 aliphatic rings. The van der Waals surface area contributed by atoms with E-state index in [0.717, 1.165) is 58.6 Å². The fourth-order valence-electron chi connectivity index (χ4n) is 3.60. The number of hydrogen-bond donors (Lipinski definition) is 2. The van der Waals surface area contributed by atoms with E-state index in [1.807, 2.05) is 18.2 Å². The molecule has 4 rings (SSSR count). The molecule has 3 aromatic rings. The van der Waals surface area contributed by atoms with Gasteiger partial charge in [-0.05, 0) is 80.4 Å². The van der Waals surface area contributed by atoms with E-state index in [1.54, 1.807) is 0 Å². The molecule has 0 bridgehead atoms. The third-order valence-electron chi connectivity index (χ3n) is 5.32. The maximum Gasteiger partial charge on any atom is 0.173 e. The number of thiocarbonyl (C=S) groups is 1. The van der Waals surface area contributed by atoms with Gasteiger partial charge in [0.2, 0.25) is 0 Å². The lowest BCUT2D eigenvalue weighted by Gasteiger charge is -2.33. The predicted molar refractivity (Wildman–Crippen MR) is 117 cm³/mol. The number of H-pyrrole nitrogens is 1. The van der Waals surface area contributed by atoms with Crippen LogP contribution in [0.2, 0.25) is 5.02 Å². The van der Waals surface area contributed by atoms with Crippen molar-refractivity contribution in [2.24, 2.45) is 0 Å². The Morgan fingerprint density at radius 3 is 2.89 bits per heavy atom. The number of fused-ring (bicyclic) bond motifs is 1. The first-order valence-electron chi connectivity index (χ1n) is 9.28. The minimum absolute atomic E-state index is 0.337. The van der Waals surface area contributed by atoms with Crippen molar-refractivity contribution in [2.75, 3.05) is 18.4 Å². The number of piperidine rings is 1. The van der Waals surface area contributed by atoms with Gasteiger partial charge in [-0.1, -0.05) is 17.7 Å². The molecule has 1 unspecified atom stereocenters. The highest BCUT2D eigenvalue weighted by atomic mass is 35.5. The van der Waals surface area contributed by atoms with E-state index in [0.29, 0.717) is 5.92 Å². The fraction of sp³-hybridized carbons (Fsp3) is 0.333. The van der Waals surface area contributed by atoms with Crippen LogP contribution in [0.5, 0.6) is 0 Å². The second kappa shape index (κ2) is 7.49. The molecule has 1 aromatic heterocycles. The Hall–Kier alpha value is -2.11. The number of aromatic nitrogens is 2. The van der Waals surface area contributed by atoms with E-state index in [-0.39, 0.29) is 0 Å². The van der Waals surface area contributed by atoms with Crippen molar-refractivity contribution in [1.29, 1.82) is 0 Å². The van der Waals surface area contributed by atoms with Crippen molar-refractivity contribution in [3.8, 4) is 0 Å². The van der Waals surface area contributed by atoms with Crippen LogP contribution in [0.4, 0.5) is 5.69 Å².